The molecule has 1 aliphatic rings. The number of thioether (sulfide) groups is 1. The average Bonchev–Trinajstić information content (AvgIpc) is 2.83. The second-order valence-corrected chi connectivity index (χ2v) is 7.04. The first-order valence-electron chi connectivity index (χ1n) is 8.53. The number of hydrogen-bond acceptors (Lipinski definition) is 7. The Bertz CT molecular complexity index is 983. The van der Waals surface area contributed by atoms with Gasteiger partial charge in [-0.05, 0) is 24.0 Å². The second kappa shape index (κ2) is 7.32. The monoisotopic (exact) mass is 379 g/mol. The maximum atomic E-state index is 12.6. The van der Waals surface area contributed by atoms with Gasteiger partial charge in [0.1, 0.15) is 5.69 Å². The van der Waals surface area contributed by atoms with E-state index in [0.717, 1.165) is 11.3 Å². The van der Waals surface area contributed by atoms with E-state index in [9.17, 15) is 4.79 Å². The summed E-state index contributed by atoms with van der Waals surface area (Å²) in [5.74, 6) is 0.996. The number of rotatable bonds is 3. The highest BCUT2D eigenvalue weighted by Gasteiger charge is 2.35. The van der Waals surface area contributed by atoms with Crippen molar-refractivity contribution in [3.8, 4) is 17.1 Å². The summed E-state index contributed by atoms with van der Waals surface area (Å²) in [5, 5.41) is 9.07. The number of para-hydroxylation sites is 1. The van der Waals surface area contributed by atoms with E-state index in [1.54, 1.807) is 11.1 Å². The summed E-state index contributed by atoms with van der Waals surface area (Å²) < 4.78 is 6.20. The molecule has 0 saturated carbocycles. The predicted molar refractivity (Wildman–Crippen MR) is 102 cm³/mol. The predicted octanol–water partition coefficient (Wildman–Crippen LogP) is 3.49. The molecule has 0 spiro atoms. The van der Waals surface area contributed by atoms with Crippen molar-refractivity contribution in [2.45, 2.75) is 25.2 Å². The molecule has 0 N–H and O–H groups in total. The molecule has 2 aromatic heterocycles. The van der Waals surface area contributed by atoms with Gasteiger partial charge in [0.2, 0.25) is 23.2 Å². The lowest BCUT2D eigenvalue weighted by atomic mass is 10.1. The molecule has 0 aliphatic carbocycles. The topological polar surface area (TPSA) is 81.1 Å². The zero-order valence-corrected chi connectivity index (χ0v) is 15.7. The Morgan fingerprint density at radius 2 is 2.00 bits per heavy atom. The van der Waals surface area contributed by atoms with Crippen LogP contribution in [0.3, 0.4) is 0 Å². The molecule has 8 heteroatoms. The molecule has 7 nitrogen and oxygen atoms in total. The van der Waals surface area contributed by atoms with E-state index >= 15 is 0 Å². The molecule has 136 valence electrons. The number of ether oxygens (including phenoxy) is 1. The van der Waals surface area contributed by atoms with Gasteiger partial charge in [-0.2, -0.15) is 4.98 Å². The molecule has 1 aliphatic heterocycles. The molecule has 0 saturated heterocycles. The lowest BCUT2D eigenvalue weighted by Gasteiger charge is -2.29. The van der Waals surface area contributed by atoms with E-state index in [1.807, 2.05) is 49.4 Å². The standard InChI is InChI=1S/C19H17N5O2S/c1-3-27-19-21-17-16(22-23-19)13-8-4-5-10-15(13)24(12(2)25)18(26-17)14-9-6-7-11-20-14/h4-11,18H,3H2,1-2H3/t18-/m1/s1. The number of aromatic nitrogens is 4. The maximum Gasteiger partial charge on any atom is 0.247 e. The van der Waals surface area contributed by atoms with Gasteiger partial charge in [0.15, 0.2) is 5.69 Å². The Morgan fingerprint density at radius 3 is 2.74 bits per heavy atom. The van der Waals surface area contributed by atoms with Crippen LogP contribution in [0.4, 0.5) is 5.69 Å². The number of carbonyl (C=O) groups excluding carboxylic acids is 1. The van der Waals surface area contributed by atoms with E-state index in [-0.39, 0.29) is 5.91 Å². The number of benzene rings is 1. The summed E-state index contributed by atoms with van der Waals surface area (Å²) in [6.45, 7) is 3.52. The highest BCUT2D eigenvalue weighted by molar-refractivity contribution is 7.99. The summed E-state index contributed by atoms with van der Waals surface area (Å²) in [7, 11) is 0. The third kappa shape index (κ3) is 3.23. The molecule has 3 heterocycles. The van der Waals surface area contributed by atoms with Crippen LogP contribution >= 0.6 is 11.8 Å². The van der Waals surface area contributed by atoms with Gasteiger partial charge in [-0.15, -0.1) is 10.2 Å². The van der Waals surface area contributed by atoms with E-state index in [1.165, 1.54) is 18.7 Å². The molecule has 0 fully saturated rings. The fourth-order valence-corrected chi connectivity index (χ4v) is 3.46. The Morgan fingerprint density at radius 1 is 1.19 bits per heavy atom. The van der Waals surface area contributed by atoms with Crippen molar-refractivity contribution in [2.24, 2.45) is 0 Å². The number of nitrogens with zero attached hydrogens (tertiary/aromatic N) is 5. The van der Waals surface area contributed by atoms with Crippen molar-refractivity contribution in [1.29, 1.82) is 0 Å². The van der Waals surface area contributed by atoms with Crippen molar-refractivity contribution < 1.29 is 9.53 Å². The van der Waals surface area contributed by atoms with Crippen LogP contribution in [0.15, 0.2) is 53.8 Å². The first-order chi connectivity index (χ1) is 13.2. The Hall–Kier alpha value is -3.00. The molecular weight excluding hydrogens is 362 g/mol. The van der Waals surface area contributed by atoms with Crippen molar-refractivity contribution in [2.75, 3.05) is 10.7 Å². The highest BCUT2D eigenvalue weighted by Crippen LogP contribution is 2.42. The largest absolute Gasteiger partial charge is 0.445 e. The quantitative estimate of drug-likeness (QED) is 0.644. The van der Waals surface area contributed by atoms with Crippen molar-refractivity contribution in [3.05, 3.63) is 54.4 Å². The molecule has 0 bridgehead atoms. The van der Waals surface area contributed by atoms with E-state index in [4.69, 9.17) is 4.74 Å². The Balaban J connectivity index is 1.95. The lowest BCUT2D eigenvalue weighted by molar-refractivity contribution is -0.118. The Labute approximate surface area is 160 Å². The van der Waals surface area contributed by atoms with Gasteiger partial charge < -0.3 is 4.74 Å². The maximum absolute atomic E-state index is 12.6. The van der Waals surface area contributed by atoms with Gasteiger partial charge in [0.05, 0.1) is 5.69 Å². The van der Waals surface area contributed by atoms with Gasteiger partial charge in [-0.3, -0.25) is 14.7 Å². The van der Waals surface area contributed by atoms with Crippen molar-refractivity contribution in [1.82, 2.24) is 20.2 Å². The molecule has 1 aromatic carbocycles. The van der Waals surface area contributed by atoms with Crippen LogP contribution in [0.5, 0.6) is 5.88 Å². The minimum atomic E-state index is -0.748. The summed E-state index contributed by atoms with van der Waals surface area (Å²) in [5.41, 5.74) is 2.55. The zero-order valence-electron chi connectivity index (χ0n) is 14.9. The number of pyridine rings is 1. The van der Waals surface area contributed by atoms with Crippen LogP contribution in [-0.4, -0.2) is 31.8 Å². The van der Waals surface area contributed by atoms with Gasteiger partial charge in [0, 0.05) is 18.7 Å². The van der Waals surface area contributed by atoms with Gasteiger partial charge in [0.25, 0.3) is 0 Å². The van der Waals surface area contributed by atoms with E-state index < -0.39 is 6.23 Å². The van der Waals surface area contributed by atoms with Gasteiger partial charge in [-0.1, -0.05) is 43.0 Å². The summed E-state index contributed by atoms with van der Waals surface area (Å²) in [6.07, 6.45) is 0.924. The fourth-order valence-electron chi connectivity index (χ4n) is 2.96. The fraction of sp³-hybridized carbons (Fsp3) is 0.211. The second-order valence-electron chi connectivity index (χ2n) is 5.81. The molecule has 1 atom stereocenters. The van der Waals surface area contributed by atoms with Crippen LogP contribution in [-0.2, 0) is 4.79 Å². The third-order valence-corrected chi connectivity index (χ3v) is 4.79. The number of carbonyl (C=O) groups is 1. The van der Waals surface area contributed by atoms with Crippen LogP contribution in [0.1, 0.15) is 25.8 Å². The first kappa shape index (κ1) is 17.4. The number of fused-ring (bicyclic) bond motifs is 3. The highest BCUT2D eigenvalue weighted by atomic mass is 32.2. The molecule has 4 rings (SSSR count). The molecule has 3 aromatic rings. The number of amides is 1. The van der Waals surface area contributed by atoms with Crippen LogP contribution in [0.25, 0.3) is 11.3 Å². The summed E-state index contributed by atoms with van der Waals surface area (Å²) in [4.78, 5) is 23.1. The SMILES string of the molecule is CCSc1nnc2c(n1)O[C@H](c1ccccn1)N(C(C)=O)c1ccccc1-2. The number of anilines is 1. The first-order valence-corrected chi connectivity index (χ1v) is 9.52. The van der Waals surface area contributed by atoms with Crippen LogP contribution < -0.4 is 9.64 Å². The summed E-state index contributed by atoms with van der Waals surface area (Å²) in [6, 6.07) is 13.0. The lowest BCUT2D eigenvalue weighted by Crippen LogP contribution is -2.36. The smallest absolute Gasteiger partial charge is 0.247 e. The van der Waals surface area contributed by atoms with E-state index in [0.29, 0.717) is 28.1 Å². The van der Waals surface area contributed by atoms with E-state index in [2.05, 4.69) is 20.2 Å². The van der Waals surface area contributed by atoms with Crippen LogP contribution in [0.2, 0.25) is 0 Å². The van der Waals surface area contributed by atoms with Crippen molar-refractivity contribution >= 4 is 23.4 Å². The summed E-state index contributed by atoms with van der Waals surface area (Å²) >= 11 is 1.48. The van der Waals surface area contributed by atoms with Gasteiger partial charge >= 0.3 is 0 Å². The third-order valence-electron chi connectivity index (χ3n) is 4.07. The van der Waals surface area contributed by atoms with Gasteiger partial charge in [-0.25, -0.2) is 0 Å². The molecule has 0 radical (unpaired) electrons. The minimum Gasteiger partial charge on any atom is -0.445 e. The normalized spacial score (nSPS) is 15.3. The molecular formula is C19H17N5O2S. The zero-order chi connectivity index (χ0) is 18.8. The van der Waals surface area contributed by atoms with Crippen LogP contribution in [0, 0.1) is 0 Å². The Kier molecular flexibility index (Phi) is 4.72. The number of hydrogen-bond donors (Lipinski definition) is 0. The van der Waals surface area contributed by atoms with Crippen molar-refractivity contribution in [3.63, 3.8) is 0 Å². The molecule has 27 heavy (non-hydrogen) atoms. The minimum absolute atomic E-state index is 0.165. The molecule has 0 unspecified atom stereocenters. The molecule has 1 amide bonds. The average molecular weight is 379 g/mol.